The van der Waals surface area contributed by atoms with E-state index in [0.29, 0.717) is 10.4 Å². The first-order chi connectivity index (χ1) is 14.0. The van der Waals surface area contributed by atoms with Crippen molar-refractivity contribution in [2.75, 3.05) is 6.73 Å². The van der Waals surface area contributed by atoms with E-state index in [9.17, 15) is 18.8 Å². The van der Waals surface area contributed by atoms with Gasteiger partial charge in [0.15, 0.2) is 6.73 Å². The van der Waals surface area contributed by atoms with Crippen molar-refractivity contribution in [1.29, 1.82) is 0 Å². The van der Waals surface area contributed by atoms with Crippen LogP contribution in [0.2, 0.25) is 0 Å². The van der Waals surface area contributed by atoms with E-state index in [2.05, 4.69) is 0 Å². The van der Waals surface area contributed by atoms with E-state index >= 15 is 0 Å². The van der Waals surface area contributed by atoms with E-state index in [1.54, 1.807) is 54.6 Å². The number of halogens is 1. The Morgan fingerprint density at radius 3 is 2.21 bits per heavy atom. The van der Waals surface area contributed by atoms with Gasteiger partial charge in [0, 0.05) is 4.88 Å². The van der Waals surface area contributed by atoms with Crippen molar-refractivity contribution in [3.05, 3.63) is 93.4 Å². The summed E-state index contributed by atoms with van der Waals surface area (Å²) < 4.78 is 18.4. The van der Waals surface area contributed by atoms with Crippen molar-refractivity contribution < 1.29 is 23.5 Å². The lowest BCUT2D eigenvalue weighted by Crippen LogP contribution is -2.33. The lowest BCUT2D eigenvalue weighted by molar-refractivity contribution is -0.139. The number of hydrogen-bond acceptors (Lipinski definition) is 5. The minimum atomic E-state index is -0.687. The zero-order valence-corrected chi connectivity index (χ0v) is 15.8. The Kier molecular flexibility index (Phi) is 5.05. The molecule has 144 valence electrons. The van der Waals surface area contributed by atoms with E-state index in [0.717, 1.165) is 4.90 Å². The van der Waals surface area contributed by atoms with Crippen molar-refractivity contribution in [2.45, 2.75) is 0 Å². The number of hydrogen-bond donors (Lipinski definition) is 0. The summed E-state index contributed by atoms with van der Waals surface area (Å²) in [5.41, 5.74) is 1.44. The van der Waals surface area contributed by atoms with Crippen LogP contribution in [0.25, 0.3) is 11.6 Å². The van der Waals surface area contributed by atoms with Crippen LogP contribution >= 0.6 is 11.3 Å². The summed E-state index contributed by atoms with van der Waals surface area (Å²) in [6, 6.07) is 15.7. The minimum Gasteiger partial charge on any atom is -0.440 e. The van der Waals surface area contributed by atoms with E-state index in [1.165, 1.54) is 23.5 Å². The maximum absolute atomic E-state index is 13.2. The van der Waals surface area contributed by atoms with Gasteiger partial charge in [0.05, 0.1) is 16.7 Å². The number of carbonyl (C=O) groups excluding carboxylic acids is 3. The Morgan fingerprint density at radius 1 is 0.966 bits per heavy atom. The van der Waals surface area contributed by atoms with E-state index in [1.807, 2.05) is 5.38 Å². The average molecular weight is 407 g/mol. The monoisotopic (exact) mass is 407 g/mol. The number of thiophene rings is 1. The summed E-state index contributed by atoms with van der Waals surface area (Å²) in [5.74, 6) is -2.07. The number of amides is 2. The molecule has 0 atom stereocenters. The predicted molar refractivity (Wildman–Crippen MR) is 106 cm³/mol. The quantitative estimate of drug-likeness (QED) is 0.361. The van der Waals surface area contributed by atoms with E-state index in [4.69, 9.17) is 4.74 Å². The second kappa shape index (κ2) is 7.81. The summed E-state index contributed by atoms with van der Waals surface area (Å²) in [4.78, 5) is 39.1. The molecule has 4 rings (SSSR count). The third kappa shape index (κ3) is 3.72. The van der Waals surface area contributed by atoms with Gasteiger partial charge < -0.3 is 4.74 Å². The molecule has 1 aliphatic rings. The molecule has 0 aliphatic carbocycles. The van der Waals surface area contributed by atoms with Crippen molar-refractivity contribution in [3.63, 3.8) is 0 Å². The van der Waals surface area contributed by atoms with Gasteiger partial charge in [0.1, 0.15) is 5.82 Å². The Labute approximate surface area is 169 Å². The van der Waals surface area contributed by atoms with Gasteiger partial charge in [0.25, 0.3) is 11.8 Å². The van der Waals surface area contributed by atoms with Crippen LogP contribution in [0.5, 0.6) is 0 Å². The first-order valence-corrected chi connectivity index (χ1v) is 9.56. The number of fused-ring (bicyclic) bond motifs is 1. The SMILES string of the molecule is O=C(OCN1C(=O)c2ccccc2C1=O)C(=Cc1ccc(F)cc1)c1cccs1. The second-order valence-electron chi connectivity index (χ2n) is 6.23. The zero-order chi connectivity index (χ0) is 20.4. The van der Waals surface area contributed by atoms with Gasteiger partial charge in [-0.3, -0.25) is 9.59 Å². The number of carbonyl (C=O) groups is 3. The Hall–Kier alpha value is -3.58. The third-order valence-electron chi connectivity index (χ3n) is 4.39. The lowest BCUT2D eigenvalue weighted by atomic mass is 10.1. The third-order valence-corrected chi connectivity index (χ3v) is 5.29. The van der Waals surface area contributed by atoms with E-state index < -0.39 is 24.5 Å². The molecule has 0 unspecified atom stereocenters. The van der Waals surface area contributed by atoms with Crippen LogP contribution in [-0.4, -0.2) is 29.4 Å². The van der Waals surface area contributed by atoms with Gasteiger partial charge in [0.2, 0.25) is 0 Å². The first-order valence-electron chi connectivity index (χ1n) is 8.68. The van der Waals surface area contributed by atoms with Gasteiger partial charge in [-0.15, -0.1) is 11.3 Å². The number of ether oxygens (including phenoxy) is 1. The molecule has 29 heavy (non-hydrogen) atoms. The fourth-order valence-electron chi connectivity index (χ4n) is 2.95. The standard InChI is InChI=1S/C22H14FNO4S/c23-15-9-7-14(8-10-15)12-18(19-6-3-11-29-19)22(27)28-13-24-20(25)16-4-1-2-5-17(16)21(24)26/h1-12H,13H2. The molecule has 2 heterocycles. The van der Waals surface area contributed by atoms with Crippen LogP contribution in [0.3, 0.4) is 0 Å². The Bertz CT molecular complexity index is 1080. The van der Waals surface area contributed by atoms with Crippen LogP contribution in [0, 0.1) is 5.82 Å². The molecular weight excluding hydrogens is 393 g/mol. The molecule has 0 saturated heterocycles. The summed E-state index contributed by atoms with van der Waals surface area (Å²) in [6.07, 6.45) is 1.58. The smallest absolute Gasteiger partial charge is 0.341 e. The van der Waals surface area contributed by atoms with Crippen LogP contribution in [0.4, 0.5) is 4.39 Å². The molecule has 0 bridgehead atoms. The molecule has 0 radical (unpaired) electrons. The van der Waals surface area contributed by atoms with Crippen molar-refractivity contribution in [2.24, 2.45) is 0 Å². The molecule has 0 fully saturated rings. The van der Waals surface area contributed by atoms with Crippen molar-refractivity contribution >= 4 is 40.8 Å². The maximum Gasteiger partial charge on any atom is 0.341 e. The summed E-state index contributed by atoms with van der Waals surface area (Å²) in [7, 11) is 0. The van der Waals surface area contributed by atoms with E-state index in [-0.39, 0.29) is 22.5 Å². The predicted octanol–water partition coefficient (Wildman–Crippen LogP) is 4.22. The molecule has 0 spiro atoms. The number of nitrogens with zero attached hydrogens (tertiary/aromatic N) is 1. The normalized spacial score (nSPS) is 13.6. The topological polar surface area (TPSA) is 63.7 Å². The molecule has 1 aromatic heterocycles. The molecule has 5 nitrogen and oxygen atoms in total. The van der Waals surface area contributed by atoms with Crippen LogP contribution in [0.15, 0.2) is 66.0 Å². The van der Waals surface area contributed by atoms with Gasteiger partial charge in [-0.2, -0.15) is 0 Å². The molecule has 2 aromatic carbocycles. The largest absolute Gasteiger partial charge is 0.440 e. The number of benzene rings is 2. The van der Waals surface area contributed by atoms with Crippen LogP contribution in [0.1, 0.15) is 31.2 Å². The van der Waals surface area contributed by atoms with Gasteiger partial charge in [-0.1, -0.05) is 30.3 Å². The molecular formula is C22H14FNO4S. The molecule has 3 aromatic rings. The minimum absolute atomic E-state index is 0.253. The number of esters is 1. The Balaban J connectivity index is 1.54. The number of imide groups is 1. The highest BCUT2D eigenvalue weighted by molar-refractivity contribution is 7.11. The zero-order valence-electron chi connectivity index (χ0n) is 15.0. The maximum atomic E-state index is 13.2. The molecule has 7 heteroatoms. The van der Waals surface area contributed by atoms with Crippen LogP contribution in [-0.2, 0) is 9.53 Å². The molecule has 2 amide bonds. The summed E-state index contributed by atoms with van der Waals surface area (Å²) >= 11 is 1.34. The van der Waals surface area contributed by atoms with Gasteiger partial charge in [-0.05, 0) is 47.4 Å². The Morgan fingerprint density at radius 2 is 1.62 bits per heavy atom. The van der Waals surface area contributed by atoms with Crippen molar-refractivity contribution in [1.82, 2.24) is 4.90 Å². The first kappa shape index (κ1) is 18.8. The second-order valence-corrected chi connectivity index (χ2v) is 7.18. The highest BCUT2D eigenvalue weighted by Gasteiger charge is 2.36. The lowest BCUT2D eigenvalue weighted by Gasteiger charge is -2.14. The summed E-state index contributed by atoms with van der Waals surface area (Å²) in [5, 5.41) is 1.81. The molecule has 1 aliphatic heterocycles. The fraction of sp³-hybridized carbons (Fsp3) is 0.0455. The van der Waals surface area contributed by atoms with Crippen LogP contribution < -0.4 is 0 Å². The number of rotatable bonds is 5. The highest BCUT2D eigenvalue weighted by atomic mass is 32.1. The van der Waals surface area contributed by atoms with Crippen molar-refractivity contribution in [3.8, 4) is 0 Å². The summed E-state index contributed by atoms with van der Waals surface area (Å²) in [6.45, 7) is -0.489. The van der Waals surface area contributed by atoms with Gasteiger partial charge in [-0.25, -0.2) is 14.1 Å². The average Bonchev–Trinajstić information content (AvgIpc) is 3.34. The fourth-order valence-corrected chi connectivity index (χ4v) is 3.68. The highest BCUT2D eigenvalue weighted by Crippen LogP contribution is 2.26. The molecule has 0 N–H and O–H groups in total. The molecule has 0 saturated carbocycles. The van der Waals surface area contributed by atoms with Gasteiger partial charge >= 0.3 is 5.97 Å².